The van der Waals surface area contributed by atoms with Gasteiger partial charge in [-0.15, -0.1) is 0 Å². The fourth-order valence-electron chi connectivity index (χ4n) is 3.10. The van der Waals surface area contributed by atoms with Gasteiger partial charge in [0, 0.05) is 14.2 Å². The van der Waals surface area contributed by atoms with Crippen molar-refractivity contribution in [2.75, 3.05) is 14.2 Å². The van der Waals surface area contributed by atoms with Gasteiger partial charge in [-0.2, -0.15) is 0 Å². The number of hydrogen-bond donors (Lipinski definition) is 0. The van der Waals surface area contributed by atoms with E-state index >= 15 is 0 Å². The van der Waals surface area contributed by atoms with Crippen LogP contribution in [0.15, 0.2) is 60.7 Å². The van der Waals surface area contributed by atoms with Crippen LogP contribution >= 0.6 is 0 Å². The van der Waals surface area contributed by atoms with Gasteiger partial charge in [-0.3, -0.25) is 0 Å². The Morgan fingerprint density at radius 3 is 1.30 bits per heavy atom. The van der Waals surface area contributed by atoms with Crippen LogP contribution in [-0.4, -0.2) is 38.4 Å². The molecule has 0 amide bonds. The second-order valence-corrected chi connectivity index (χ2v) is 7.13. The molecule has 0 radical (unpaired) electrons. The molecule has 2 aromatic carbocycles. The number of carbonyl (C=O) groups is 2. The van der Waals surface area contributed by atoms with Crippen molar-refractivity contribution in [1.29, 1.82) is 0 Å². The molecule has 0 aliphatic carbocycles. The van der Waals surface area contributed by atoms with E-state index in [0.717, 1.165) is 11.1 Å². The van der Waals surface area contributed by atoms with Crippen molar-refractivity contribution in [3.63, 3.8) is 0 Å². The van der Waals surface area contributed by atoms with Crippen LogP contribution in [0.5, 0.6) is 0 Å². The summed E-state index contributed by atoms with van der Waals surface area (Å²) in [5, 5.41) is 0. The summed E-state index contributed by atoms with van der Waals surface area (Å²) in [6, 6.07) is 18.4. The normalized spacial score (nSPS) is 14.9. The summed E-state index contributed by atoms with van der Waals surface area (Å²) >= 11 is 0. The predicted molar refractivity (Wildman–Crippen MR) is 113 cm³/mol. The van der Waals surface area contributed by atoms with Crippen LogP contribution in [0.4, 0.5) is 0 Å². The highest BCUT2D eigenvalue weighted by Gasteiger charge is 2.25. The summed E-state index contributed by atoms with van der Waals surface area (Å²) in [5.41, 5.74) is 1.48. The molecule has 0 bridgehead atoms. The lowest BCUT2D eigenvalue weighted by molar-refractivity contribution is -0.164. The standard InChI is InChI=1S/C24H30O6/c1-17(29-23(25)21(27-3)19-11-7-5-8-12-19)15-16-18(2)30-24(26)22(28-4)20-13-9-6-10-14-20/h5-14,17-18,21-22H,15-16H2,1-4H3/t17-,18-,21+,22+/m0/s1. The largest absolute Gasteiger partial charge is 0.460 e. The van der Waals surface area contributed by atoms with Gasteiger partial charge < -0.3 is 18.9 Å². The molecule has 6 nitrogen and oxygen atoms in total. The van der Waals surface area contributed by atoms with Gasteiger partial charge in [-0.25, -0.2) is 9.59 Å². The first kappa shape index (κ1) is 23.6. The molecule has 0 saturated heterocycles. The number of hydrogen-bond acceptors (Lipinski definition) is 6. The van der Waals surface area contributed by atoms with Gasteiger partial charge >= 0.3 is 11.9 Å². The second kappa shape index (κ2) is 12.1. The van der Waals surface area contributed by atoms with E-state index in [0.29, 0.717) is 12.8 Å². The highest BCUT2D eigenvalue weighted by atomic mass is 16.6. The number of carbonyl (C=O) groups excluding carboxylic acids is 2. The van der Waals surface area contributed by atoms with E-state index in [-0.39, 0.29) is 12.2 Å². The molecule has 2 aromatic rings. The summed E-state index contributed by atoms with van der Waals surface area (Å²) in [4.78, 5) is 24.9. The minimum Gasteiger partial charge on any atom is -0.460 e. The SMILES string of the molecule is CO[C@@H](C(=O)O[C@@H](C)CC[C@H](C)OC(=O)[C@H](OC)c1ccccc1)c1ccccc1. The zero-order valence-corrected chi connectivity index (χ0v) is 17.9. The van der Waals surface area contributed by atoms with Crippen LogP contribution < -0.4 is 0 Å². The first-order valence-corrected chi connectivity index (χ1v) is 10.0. The van der Waals surface area contributed by atoms with Crippen LogP contribution in [0.1, 0.15) is 50.0 Å². The molecule has 0 aliphatic rings. The van der Waals surface area contributed by atoms with E-state index in [1.165, 1.54) is 14.2 Å². The molecular weight excluding hydrogens is 384 g/mol. The fraction of sp³-hybridized carbons (Fsp3) is 0.417. The van der Waals surface area contributed by atoms with Crippen LogP contribution in [0.3, 0.4) is 0 Å². The lowest BCUT2D eigenvalue weighted by Gasteiger charge is -2.21. The van der Waals surface area contributed by atoms with Crippen molar-refractivity contribution in [2.24, 2.45) is 0 Å². The van der Waals surface area contributed by atoms with Crippen LogP contribution in [0, 0.1) is 0 Å². The van der Waals surface area contributed by atoms with Crippen molar-refractivity contribution >= 4 is 11.9 Å². The summed E-state index contributed by atoms with van der Waals surface area (Å²) in [6.07, 6.45) is -1.11. The van der Waals surface area contributed by atoms with Crippen molar-refractivity contribution in [2.45, 2.75) is 51.1 Å². The van der Waals surface area contributed by atoms with Crippen LogP contribution in [0.2, 0.25) is 0 Å². The van der Waals surface area contributed by atoms with E-state index in [2.05, 4.69) is 0 Å². The molecule has 162 valence electrons. The zero-order chi connectivity index (χ0) is 21.9. The molecule has 2 rings (SSSR count). The van der Waals surface area contributed by atoms with E-state index in [1.54, 1.807) is 0 Å². The molecule has 0 saturated carbocycles. The minimum absolute atomic E-state index is 0.340. The van der Waals surface area contributed by atoms with Crippen molar-refractivity contribution in [1.82, 2.24) is 0 Å². The molecule has 0 fully saturated rings. The highest BCUT2D eigenvalue weighted by molar-refractivity contribution is 5.77. The van der Waals surface area contributed by atoms with Gasteiger partial charge in [0.1, 0.15) is 0 Å². The second-order valence-electron chi connectivity index (χ2n) is 7.13. The molecular formula is C24H30O6. The van der Waals surface area contributed by atoms with Crippen molar-refractivity contribution in [3.05, 3.63) is 71.8 Å². The van der Waals surface area contributed by atoms with E-state index in [1.807, 2.05) is 74.5 Å². The quantitative estimate of drug-likeness (QED) is 0.508. The third-order valence-electron chi connectivity index (χ3n) is 4.72. The van der Waals surface area contributed by atoms with E-state index < -0.39 is 24.1 Å². The monoisotopic (exact) mass is 414 g/mol. The summed E-state index contributed by atoms with van der Waals surface area (Å²) in [5.74, 6) is -0.881. The van der Waals surface area contributed by atoms with Gasteiger partial charge in [0.05, 0.1) is 12.2 Å². The van der Waals surface area contributed by atoms with Gasteiger partial charge in [0.25, 0.3) is 0 Å². The first-order valence-electron chi connectivity index (χ1n) is 10.0. The highest BCUT2D eigenvalue weighted by Crippen LogP contribution is 2.21. The van der Waals surface area contributed by atoms with Gasteiger partial charge in [0.2, 0.25) is 0 Å². The van der Waals surface area contributed by atoms with Crippen molar-refractivity contribution < 1.29 is 28.5 Å². The molecule has 0 aliphatic heterocycles. The molecule has 0 N–H and O–H groups in total. The molecule has 0 unspecified atom stereocenters. The Labute approximate surface area is 178 Å². The average Bonchev–Trinajstić information content (AvgIpc) is 2.75. The van der Waals surface area contributed by atoms with E-state index in [9.17, 15) is 9.59 Å². The Bertz CT molecular complexity index is 709. The van der Waals surface area contributed by atoms with E-state index in [4.69, 9.17) is 18.9 Å². The van der Waals surface area contributed by atoms with Crippen molar-refractivity contribution in [3.8, 4) is 0 Å². The number of benzene rings is 2. The number of rotatable bonds is 11. The molecule has 6 heteroatoms. The zero-order valence-electron chi connectivity index (χ0n) is 17.9. The molecule has 0 aromatic heterocycles. The number of esters is 2. The first-order chi connectivity index (χ1) is 14.5. The van der Waals surface area contributed by atoms with Crippen LogP contribution in [-0.2, 0) is 28.5 Å². The third-order valence-corrected chi connectivity index (χ3v) is 4.72. The van der Waals surface area contributed by atoms with Gasteiger partial charge in [-0.1, -0.05) is 60.7 Å². The van der Waals surface area contributed by atoms with Crippen LogP contribution in [0.25, 0.3) is 0 Å². The molecule has 0 heterocycles. The Morgan fingerprint density at radius 1 is 0.667 bits per heavy atom. The number of methoxy groups -OCH3 is 2. The Hall–Kier alpha value is -2.70. The Morgan fingerprint density at radius 2 is 1.00 bits per heavy atom. The topological polar surface area (TPSA) is 71.1 Å². The van der Waals surface area contributed by atoms with Gasteiger partial charge in [0.15, 0.2) is 12.2 Å². The van der Waals surface area contributed by atoms with Gasteiger partial charge in [-0.05, 0) is 37.8 Å². The Balaban J connectivity index is 1.81. The lowest BCUT2D eigenvalue weighted by Crippen LogP contribution is -2.25. The molecule has 30 heavy (non-hydrogen) atoms. The molecule has 4 atom stereocenters. The summed E-state index contributed by atoms with van der Waals surface area (Å²) in [7, 11) is 2.95. The maximum atomic E-state index is 12.4. The average molecular weight is 414 g/mol. The number of ether oxygens (including phenoxy) is 4. The Kier molecular flexibility index (Phi) is 9.51. The third kappa shape index (κ3) is 6.97. The summed E-state index contributed by atoms with van der Waals surface area (Å²) < 4.78 is 21.6. The molecule has 0 spiro atoms. The maximum Gasteiger partial charge on any atom is 0.340 e. The fourth-order valence-corrected chi connectivity index (χ4v) is 3.10. The maximum absolute atomic E-state index is 12.4. The smallest absolute Gasteiger partial charge is 0.340 e. The lowest BCUT2D eigenvalue weighted by atomic mass is 10.1. The minimum atomic E-state index is -0.766. The predicted octanol–water partition coefficient (Wildman–Crippen LogP) is 4.41. The summed E-state index contributed by atoms with van der Waals surface area (Å²) in [6.45, 7) is 3.62.